The first-order chi connectivity index (χ1) is 25.7. The Labute approximate surface area is 321 Å². The number of hydrogen-bond donors (Lipinski definition) is 0. The summed E-state index contributed by atoms with van der Waals surface area (Å²) in [4.78, 5) is 49.2. The van der Waals surface area contributed by atoms with Crippen LogP contribution in [0.1, 0.15) is 128 Å². The van der Waals surface area contributed by atoms with Crippen LogP contribution in [0.25, 0.3) is 0 Å². The Balaban J connectivity index is 0.998. The molecule has 53 heavy (non-hydrogen) atoms. The van der Waals surface area contributed by atoms with Crippen molar-refractivity contribution >= 4 is 35.5 Å². The second-order valence-corrected chi connectivity index (χ2v) is 16.7. The summed E-state index contributed by atoms with van der Waals surface area (Å²) in [6, 6.07) is 4.88. The normalized spacial score (nSPS) is 28.9. The number of carbonyl (C=O) groups excluding carboxylic acids is 4. The van der Waals surface area contributed by atoms with Gasteiger partial charge in [0.25, 0.3) is 0 Å². The zero-order valence-electron chi connectivity index (χ0n) is 31.6. The van der Waals surface area contributed by atoms with E-state index in [1.165, 1.54) is 63.5 Å². The Morgan fingerprint density at radius 2 is 0.943 bits per heavy atom. The standard InChI is InChI=1S/C44H61ClO8/c1-3-41(46)50-27-5-7-30-9-13-32(14-10-30)34-17-21-36(22-18-34)43(48)52-39-26-25-38(45)29-40(39)53-44(49)37-23-19-35(20-24-37)33-15-11-31(12-16-33)8-6-28-51-42(47)4-2/h3-4,25-26,29-37H,1-2,5-24,27-28H2/t30-,31-,32-,33-,34-,35-,36-,37-. The van der Waals surface area contributed by atoms with Crippen LogP contribution in [-0.4, -0.2) is 37.1 Å². The van der Waals surface area contributed by atoms with Gasteiger partial charge in [-0.2, -0.15) is 0 Å². The quantitative estimate of drug-likeness (QED) is 0.0711. The van der Waals surface area contributed by atoms with E-state index in [0.29, 0.717) is 53.7 Å². The van der Waals surface area contributed by atoms with Crippen LogP contribution in [0.3, 0.4) is 0 Å². The topological polar surface area (TPSA) is 105 Å². The lowest BCUT2D eigenvalue weighted by molar-refractivity contribution is -0.143. The van der Waals surface area contributed by atoms with Crippen LogP contribution in [0.4, 0.5) is 0 Å². The van der Waals surface area contributed by atoms with Crippen molar-refractivity contribution < 1.29 is 38.1 Å². The monoisotopic (exact) mass is 752 g/mol. The molecule has 0 unspecified atom stereocenters. The highest BCUT2D eigenvalue weighted by Crippen LogP contribution is 2.44. The Hall–Kier alpha value is -3.13. The van der Waals surface area contributed by atoms with Gasteiger partial charge in [0.15, 0.2) is 11.5 Å². The minimum absolute atomic E-state index is 0.160. The minimum atomic E-state index is -0.349. The van der Waals surface area contributed by atoms with Gasteiger partial charge in [-0.05, 0) is 150 Å². The summed E-state index contributed by atoms with van der Waals surface area (Å²) >= 11 is 6.31. The van der Waals surface area contributed by atoms with E-state index < -0.39 is 0 Å². The average molecular weight is 753 g/mol. The van der Waals surface area contributed by atoms with Crippen LogP contribution >= 0.6 is 11.6 Å². The van der Waals surface area contributed by atoms with E-state index in [1.54, 1.807) is 18.2 Å². The van der Waals surface area contributed by atoms with Crippen molar-refractivity contribution in [2.45, 2.75) is 128 Å². The smallest absolute Gasteiger partial charge is 0.330 e. The second kappa shape index (κ2) is 21.1. The van der Waals surface area contributed by atoms with E-state index in [1.807, 2.05) is 0 Å². The van der Waals surface area contributed by atoms with Crippen molar-refractivity contribution in [2.24, 2.45) is 47.3 Å². The van der Waals surface area contributed by atoms with Gasteiger partial charge in [0.2, 0.25) is 0 Å². The van der Waals surface area contributed by atoms with E-state index in [9.17, 15) is 19.2 Å². The molecule has 0 bridgehead atoms. The number of rotatable bonds is 16. The molecule has 0 spiro atoms. The van der Waals surface area contributed by atoms with Gasteiger partial charge >= 0.3 is 23.9 Å². The zero-order chi connectivity index (χ0) is 37.6. The molecule has 0 saturated heterocycles. The molecule has 4 aliphatic carbocycles. The van der Waals surface area contributed by atoms with Crippen molar-refractivity contribution in [3.05, 3.63) is 48.5 Å². The summed E-state index contributed by atoms with van der Waals surface area (Å²) in [6.45, 7) is 7.82. The van der Waals surface area contributed by atoms with Gasteiger partial charge in [0.1, 0.15) is 0 Å². The number of hydrogen-bond acceptors (Lipinski definition) is 8. The molecule has 8 nitrogen and oxygen atoms in total. The summed E-state index contributed by atoms with van der Waals surface area (Å²) in [6.07, 6.45) is 23.7. The van der Waals surface area contributed by atoms with Crippen LogP contribution < -0.4 is 9.47 Å². The maximum Gasteiger partial charge on any atom is 0.330 e. The molecule has 0 aromatic heterocycles. The molecule has 4 fully saturated rings. The Kier molecular flexibility index (Phi) is 16.3. The molecule has 5 rings (SSSR count). The maximum atomic E-state index is 13.4. The molecule has 0 radical (unpaired) electrons. The lowest BCUT2D eigenvalue weighted by Gasteiger charge is -2.37. The van der Waals surface area contributed by atoms with Crippen LogP contribution in [-0.2, 0) is 28.7 Å². The lowest BCUT2D eigenvalue weighted by atomic mass is 9.68. The first-order valence-electron chi connectivity index (χ1n) is 20.5. The molecule has 0 N–H and O–H groups in total. The van der Waals surface area contributed by atoms with E-state index in [4.69, 9.17) is 30.5 Å². The summed E-state index contributed by atoms with van der Waals surface area (Å²) in [5.74, 6) is 3.06. The maximum absolute atomic E-state index is 13.4. The molecule has 0 amide bonds. The minimum Gasteiger partial charge on any atom is -0.463 e. The van der Waals surface area contributed by atoms with Crippen molar-refractivity contribution in [2.75, 3.05) is 13.2 Å². The Morgan fingerprint density at radius 3 is 1.34 bits per heavy atom. The van der Waals surface area contributed by atoms with Crippen molar-refractivity contribution in [3.63, 3.8) is 0 Å². The zero-order valence-corrected chi connectivity index (χ0v) is 32.4. The van der Waals surface area contributed by atoms with Crippen molar-refractivity contribution in [1.82, 2.24) is 0 Å². The SMILES string of the molecule is C=CC(=O)OCCC[C@H]1CC[C@H]([C@H]2CC[C@H](C(=O)Oc3ccc(Cl)cc3OC(=O)[C@H]3CC[C@H]([C@H]4CC[C@H](CCCOC(=O)C=C)CC4)CC3)CC2)CC1. The fourth-order valence-electron chi connectivity index (χ4n) is 9.79. The second-order valence-electron chi connectivity index (χ2n) is 16.2. The number of esters is 4. The highest BCUT2D eigenvalue weighted by Gasteiger charge is 2.36. The highest BCUT2D eigenvalue weighted by atomic mass is 35.5. The van der Waals surface area contributed by atoms with Crippen molar-refractivity contribution in [1.29, 1.82) is 0 Å². The third-order valence-corrected chi connectivity index (χ3v) is 13.2. The van der Waals surface area contributed by atoms with Crippen LogP contribution in [0.15, 0.2) is 43.5 Å². The largest absolute Gasteiger partial charge is 0.463 e. The van der Waals surface area contributed by atoms with Gasteiger partial charge in [-0.3, -0.25) is 9.59 Å². The molecular weight excluding hydrogens is 692 g/mol. The van der Waals surface area contributed by atoms with Crippen molar-refractivity contribution in [3.8, 4) is 11.5 Å². The van der Waals surface area contributed by atoms with Crippen LogP contribution in [0.2, 0.25) is 5.02 Å². The molecule has 0 aliphatic heterocycles. The third-order valence-electron chi connectivity index (χ3n) is 13.0. The van der Waals surface area contributed by atoms with E-state index >= 15 is 0 Å². The predicted molar refractivity (Wildman–Crippen MR) is 205 cm³/mol. The van der Waals surface area contributed by atoms with Gasteiger partial charge in [-0.1, -0.05) is 50.4 Å². The van der Waals surface area contributed by atoms with E-state index in [0.717, 1.165) is 77.0 Å². The Morgan fingerprint density at radius 1 is 0.566 bits per heavy atom. The molecule has 4 saturated carbocycles. The summed E-state index contributed by atoms with van der Waals surface area (Å²) in [5, 5.41) is 0.427. The Bertz CT molecular complexity index is 1380. The van der Waals surface area contributed by atoms with Crippen LogP contribution in [0.5, 0.6) is 11.5 Å². The molecule has 1 aromatic rings. The lowest BCUT2D eigenvalue weighted by Crippen LogP contribution is -2.31. The number of halogens is 1. The average Bonchev–Trinajstić information content (AvgIpc) is 3.19. The summed E-state index contributed by atoms with van der Waals surface area (Å²) in [7, 11) is 0. The van der Waals surface area contributed by atoms with E-state index in [-0.39, 0.29) is 47.2 Å². The number of carbonyl (C=O) groups is 4. The fraction of sp³-hybridized carbons (Fsp3) is 0.682. The first kappa shape index (κ1) is 41.0. The van der Waals surface area contributed by atoms with E-state index in [2.05, 4.69) is 13.2 Å². The molecular formula is C44H61ClO8. The molecule has 9 heteroatoms. The molecule has 0 heterocycles. The van der Waals surface area contributed by atoms with Gasteiger partial charge < -0.3 is 18.9 Å². The molecule has 292 valence electrons. The van der Waals surface area contributed by atoms with Gasteiger partial charge in [0.05, 0.1) is 25.0 Å². The van der Waals surface area contributed by atoms with Crippen LogP contribution in [0, 0.1) is 47.3 Å². The third kappa shape index (κ3) is 12.7. The molecule has 0 atom stereocenters. The molecule has 4 aliphatic rings. The van der Waals surface area contributed by atoms with Gasteiger partial charge in [-0.15, -0.1) is 0 Å². The van der Waals surface area contributed by atoms with Gasteiger partial charge in [0, 0.05) is 23.2 Å². The predicted octanol–water partition coefficient (Wildman–Crippen LogP) is 10.4. The fourth-order valence-corrected chi connectivity index (χ4v) is 9.95. The number of ether oxygens (including phenoxy) is 4. The van der Waals surface area contributed by atoms with Gasteiger partial charge in [-0.25, -0.2) is 9.59 Å². The summed E-state index contributed by atoms with van der Waals surface area (Å²) < 4.78 is 22.1. The number of benzene rings is 1. The molecule has 1 aromatic carbocycles. The summed E-state index contributed by atoms with van der Waals surface area (Å²) in [5.41, 5.74) is 0. The first-order valence-corrected chi connectivity index (χ1v) is 20.9. The highest BCUT2D eigenvalue weighted by molar-refractivity contribution is 6.30.